The fourth-order valence-electron chi connectivity index (χ4n) is 8.87. The summed E-state index contributed by atoms with van der Waals surface area (Å²) in [6.45, 7) is 9.05. The number of hydrogen-bond acceptors (Lipinski definition) is 4. The highest BCUT2D eigenvalue weighted by atomic mass is 127. The molecule has 2 atom stereocenters. The second-order valence-corrected chi connectivity index (χ2v) is 16.6. The third kappa shape index (κ3) is 11.2. The number of rotatable bonds is 8. The van der Waals surface area contributed by atoms with Gasteiger partial charge >= 0.3 is 12.2 Å². The first-order valence-corrected chi connectivity index (χ1v) is 19.7. The summed E-state index contributed by atoms with van der Waals surface area (Å²) in [6.07, 6.45) is 3.53. The summed E-state index contributed by atoms with van der Waals surface area (Å²) in [5, 5.41) is 0. The minimum Gasteiger partial charge on any atom is -1.00 e. The molecule has 4 bridgehead atoms. The molecule has 2 amide bonds. The van der Waals surface area contributed by atoms with Gasteiger partial charge in [0.2, 0.25) is 0 Å². The summed E-state index contributed by atoms with van der Waals surface area (Å²) >= 11 is 0. The molecule has 6 fully saturated rings. The Morgan fingerprint density at radius 1 is 0.632 bits per heavy atom. The highest BCUT2D eigenvalue weighted by Crippen LogP contribution is 2.36. The van der Waals surface area contributed by atoms with Crippen molar-refractivity contribution >= 4 is 23.6 Å². The predicted octanol–water partition coefficient (Wildman–Crippen LogP) is 2.73. The molecular formula is C45H54F2I2N4O4. The van der Waals surface area contributed by atoms with E-state index in [2.05, 4.69) is 14.1 Å². The van der Waals surface area contributed by atoms with Gasteiger partial charge in [-0.15, -0.1) is 0 Å². The first-order valence-electron chi connectivity index (χ1n) is 19.7. The molecule has 6 heterocycles. The molecule has 0 saturated carbocycles. The van der Waals surface area contributed by atoms with Gasteiger partial charge in [0.05, 0.1) is 59.1 Å². The number of fused-ring (bicyclic) bond motifs is 6. The second-order valence-electron chi connectivity index (χ2n) is 16.6. The Balaban J connectivity index is 0.000000210. The van der Waals surface area contributed by atoms with Crippen molar-refractivity contribution in [3.63, 3.8) is 0 Å². The number of nitrogens with zero attached hydrogens (tertiary/aromatic N) is 4. The minimum atomic E-state index is -0.464. The maximum Gasteiger partial charge on any atom is 0.415 e. The topological polar surface area (TPSA) is 59.1 Å². The van der Waals surface area contributed by atoms with E-state index in [1.54, 1.807) is 35.2 Å². The van der Waals surface area contributed by atoms with Gasteiger partial charge in [-0.2, -0.15) is 0 Å². The number of quaternary nitrogens is 2. The van der Waals surface area contributed by atoms with Crippen molar-refractivity contribution in [3.05, 3.63) is 131 Å². The van der Waals surface area contributed by atoms with E-state index < -0.39 is 11.9 Å². The van der Waals surface area contributed by atoms with Gasteiger partial charge in [0, 0.05) is 43.2 Å². The molecule has 10 rings (SSSR count). The molecule has 6 aliphatic heterocycles. The highest BCUT2D eigenvalue weighted by molar-refractivity contribution is 5.88. The van der Waals surface area contributed by atoms with Crippen LogP contribution in [0.1, 0.15) is 42.4 Å². The number of benzene rings is 4. The average Bonchev–Trinajstić information content (AvgIpc) is 3.18. The molecule has 0 N–H and O–H groups in total. The van der Waals surface area contributed by atoms with E-state index in [4.69, 9.17) is 9.47 Å². The summed E-state index contributed by atoms with van der Waals surface area (Å²) in [6, 6.07) is 30.1. The number of halogens is 4. The van der Waals surface area contributed by atoms with E-state index >= 15 is 0 Å². The molecule has 0 spiro atoms. The lowest BCUT2D eigenvalue weighted by Crippen LogP contribution is -3.00. The van der Waals surface area contributed by atoms with Crippen LogP contribution in [-0.4, -0.2) is 86.7 Å². The molecule has 0 unspecified atom stereocenters. The maximum absolute atomic E-state index is 14.4. The first kappa shape index (κ1) is 44.8. The lowest BCUT2D eigenvalue weighted by Gasteiger charge is -2.49. The van der Waals surface area contributed by atoms with Crippen molar-refractivity contribution in [1.29, 1.82) is 0 Å². The average molecular weight is 1010 g/mol. The number of anilines is 2. The summed E-state index contributed by atoms with van der Waals surface area (Å²) in [5.41, 5.74) is 3.94. The lowest BCUT2D eigenvalue weighted by atomic mass is 9.84. The van der Waals surface area contributed by atoms with E-state index in [0.717, 1.165) is 83.2 Å². The van der Waals surface area contributed by atoms with Gasteiger partial charge in [-0.25, -0.2) is 18.4 Å². The Bertz CT molecular complexity index is 1940. The van der Waals surface area contributed by atoms with Gasteiger partial charge in [-0.3, -0.25) is 9.80 Å². The van der Waals surface area contributed by atoms with Crippen molar-refractivity contribution in [2.45, 2.75) is 57.9 Å². The molecule has 306 valence electrons. The SMILES string of the molecule is C[N+]12CCC(CC1)[C@@H](OC(=O)N(Cc1ccccc1)c1ccccc1F)C2.Cc1cccc(N(Cc2ccc(F)cc2)C(=O)O[C@H]2C[N+]3(C)CCC2CC3)c1.[I-].[I-]. The second kappa shape index (κ2) is 19.6. The zero-order chi connectivity index (χ0) is 38.6. The number of para-hydroxylation sites is 1. The van der Waals surface area contributed by atoms with Crippen LogP contribution in [0.5, 0.6) is 0 Å². The highest BCUT2D eigenvalue weighted by Gasteiger charge is 2.47. The molecule has 0 aromatic heterocycles. The summed E-state index contributed by atoms with van der Waals surface area (Å²) in [4.78, 5) is 29.4. The fourth-order valence-corrected chi connectivity index (χ4v) is 8.87. The number of carbonyl (C=O) groups excluding carboxylic acids is 2. The first-order chi connectivity index (χ1) is 26.5. The van der Waals surface area contributed by atoms with E-state index in [0.29, 0.717) is 18.4 Å². The zero-order valence-corrected chi connectivity index (χ0v) is 37.4. The van der Waals surface area contributed by atoms with E-state index in [9.17, 15) is 18.4 Å². The van der Waals surface area contributed by atoms with E-state index in [-0.39, 0.29) is 84.3 Å². The monoisotopic (exact) mass is 1010 g/mol. The van der Waals surface area contributed by atoms with Crippen LogP contribution in [0, 0.1) is 30.4 Å². The number of amides is 2. The maximum atomic E-state index is 14.4. The van der Waals surface area contributed by atoms with Gasteiger partial charge in [0.1, 0.15) is 24.7 Å². The normalized spacial score (nSPS) is 25.4. The van der Waals surface area contributed by atoms with E-state index in [1.165, 1.54) is 36.2 Å². The molecule has 0 radical (unpaired) electrons. The van der Waals surface area contributed by atoms with Crippen LogP contribution in [0.3, 0.4) is 0 Å². The fraction of sp³-hybridized carbons (Fsp3) is 0.422. The molecule has 12 heteroatoms. The van der Waals surface area contributed by atoms with Gasteiger partial charge in [0.15, 0.2) is 12.2 Å². The summed E-state index contributed by atoms with van der Waals surface area (Å²) in [7, 11) is 4.49. The molecule has 0 aliphatic carbocycles. The Labute approximate surface area is 370 Å². The van der Waals surface area contributed by atoms with Crippen molar-refractivity contribution in [1.82, 2.24) is 0 Å². The van der Waals surface area contributed by atoms with Crippen molar-refractivity contribution < 1.29 is 84.8 Å². The van der Waals surface area contributed by atoms with Gasteiger partial charge in [-0.05, 0) is 60.0 Å². The van der Waals surface area contributed by atoms with Crippen molar-refractivity contribution in [3.8, 4) is 0 Å². The smallest absolute Gasteiger partial charge is 0.415 e. The van der Waals surface area contributed by atoms with Crippen molar-refractivity contribution in [2.75, 3.05) is 63.2 Å². The summed E-state index contributed by atoms with van der Waals surface area (Å²) in [5.74, 6) is 0.193. The molecular weight excluding hydrogens is 952 g/mol. The zero-order valence-electron chi connectivity index (χ0n) is 33.0. The van der Waals surface area contributed by atoms with Gasteiger partial charge in [0.25, 0.3) is 0 Å². The Kier molecular flexibility index (Phi) is 15.4. The van der Waals surface area contributed by atoms with Crippen LogP contribution in [0.2, 0.25) is 0 Å². The van der Waals surface area contributed by atoms with Crippen LogP contribution in [0.4, 0.5) is 29.7 Å². The lowest BCUT2D eigenvalue weighted by molar-refractivity contribution is -0.928. The molecule has 6 saturated heterocycles. The number of piperidine rings is 6. The molecule has 57 heavy (non-hydrogen) atoms. The predicted molar refractivity (Wildman–Crippen MR) is 210 cm³/mol. The third-order valence-corrected chi connectivity index (χ3v) is 12.3. The number of hydrogen-bond donors (Lipinski definition) is 0. The quantitative estimate of drug-likeness (QED) is 0.202. The van der Waals surface area contributed by atoms with E-state index in [1.807, 2.05) is 61.5 Å². The van der Waals surface area contributed by atoms with Crippen LogP contribution in [0.15, 0.2) is 103 Å². The van der Waals surface area contributed by atoms with Gasteiger partial charge in [-0.1, -0.05) is 66.7 Å². The number of carbonyl (C=O) groups is 2. The van der Waals surface area contributed by atoms with Crippen LogP contribution in [0.25, 0.3) is 0 Å². The molecule has 4 aromatic carbocycles. The Morgan fingerprint density at radius 2 is 1.12 bits per heavy atom. The van der Waals surface area contributed by atoms with Crippen LogP contribution in [-0.2, 0) is 22.6 Å². The molecule has 6 aliphatic rings. The third-order valence-electron chi connectivity index (χ3n) is 12.3. The van der Waals surface area contributed by atoms with Gasteiger partial charge < -0.3 is 66.4 Å². The Hall–Kier alpha value is -3.34. The number of aryl methyl sites for hydroxylation is 1. The number of ether oxygens (including phenoxy) is 2. The Morgan fingerprint density at radius 3 is 1.65 bits per heavy atom. The summed E-state index contributed by atoms with van der Waals surface area (Å²) < 4.78 is 41.7. The van der Waals surface area contributed by atoms with Crippen LogP contribution < -0.4 is 57.8 Å². The van der Waals surface area contributed by atoms with Crippen LogP contribution >= 0.6 is 0 Å². The number of likely N-dealkylation sites (N-methyl/N-ethyl adjacent to an activating group) is 2. The largest absolute Gasteiger partial charge is 1.00 e. The molecule has 8 nitrogen and oxygen atoms in total. The molecule has 4 aromatic rings. The standard InChI is InChI=1S/C23H28FN2O2.C22H26FN2O2.2HI/c1-17-4-3-5-21(14-17)25(15-18-6-8-20(24)9-7-18)23(27)28-22-16-26(2)12-10-19(22)11-13-26;1-25-13-11-18(12-14-25)21(16-25)27-22(26)24(15-17-7-3-2-4-8-17)20-10-6-5-9-19(20)23;;/h3-9,14,19,22H,10-13,15-16H2,1-2H3;2-10,18,21H,11-16H2,1H3;2*1H/q2*+1;;/p-2/t19?,22-,26?;18?,21-,25?;;/m00../s1. The van der Waals surface area contributed by atoms with Crippen molar-refractivity contribution in [2.24, 2.45) is 11.8 Å². The minimum absolute atomic E-state index is 0.